The summed E-state index contributed by atoms with van der Waals surface area (Å²) in [6.45, 7) is 9.94. The monoisotopic (exact) mass is 528 g/mol. The summed E-state index contributed by atoms with van der Waals surface area (Å²) in [7, 11) is 0. The molecule has 0 spiro atoms. The molecule has 0 saturated carbocycles. The Labute approximate surface area is 235 Å². The standard InChI is InChI=1S/C35H49N3O/c1-4-7-9-11-13-17-24-38(25-18-14-12-10-8-5-2)28-21-22-31-33(26-28)39-34-27-32(36-23-6-3)29-19-15-16-20-30(29)35(34)37-31/h15-16,19-22,26-27H,4-14,17-18,23-25H2,1-3H3/p+1. The number of unbranched alkanes of at least 4 members (excludes halogenated alkanes) is 10. The van der Waals surface area contributed by atoms with E-state index in [-0.39, 0.29) is 0 Å². The molecule has 210 valence electrons. The molecule has 1 aliphatic carbocycles. The van der Waals surface area contributed by atoms with Gasteiger partial charge in [-0.05, 0) is 25.3 Å². The molecule has 2 aliphatic rings. The van der Waals surface area contributed by atoms with Crippen LogP contribution in [0.3, 0.4) is 0 Å². The van der Waals surface area contributed by atoms with Gasteiger partial charge in [0.25, 0.3) is 0 Å². The van der Waals surface area contributed by atoms with E-state index < -0.39 is 0 Å². The molecular formula is C35H50N3O+. The Hall–Kier alpha value is -2.88. The minimum Gasteiger partial charge on any atom is -0.452 e. The largest absolute Gasteiger partial charge is 0.452 e. The van der Waals surface area contributed by atoms with Crippen LogP contribution in [0.5, 0.6) is 0 Å². The van der Waals surface area contributed by atoms with Crippen LogP contribution in [0.2, 0.25) is 0 Å². The molecule has 1 heterocycles. The number of fused-ring (bicyclic) bond motifs is 4. The van der Waals surface area contributed by atoms with Gasteiger partial charge in [0.15, 0.2) is 11.3 Å². The Bertz CT molecular complexity index is 1320. The van der Waals surface area contributed by atoms with Crippen molar-refractivity contribution < 1.29 is 4.42 Å². The molecule has 0 saturated heterocycles. The number of aromatic nitrogens is 1. The summed E-state index contributed by atoms with van der Waals surface area (Å²) in [5.74, 6) is 0.868. The van der Waals surface area contributed by atoms with Crippen LogP contribution in [-0.2, 0) is 0 Å². The first-order chi connectivity index (χ1) is 19.2. The maximum absolute atomic E-state index is 6.58. The fourth-order valence-corrected chi connectivity index (χ4v) is 5.58. The van der Waals surface area contributed by atoms with Crippen molar-refractivity contribution in [2.45, 2.75) is 104 Å². The van der Waals surface area contributed by atoms with E-state index >= 15 is 0 Å². The van der Waals surface area contributed by atoms with Gasteiger partial charge in [-0.1, -0.05) is 96.4 Å². The topological polar surface area (TPSA) is 41.1 Å². The van der Waals surface area contributed by atoms with Crippen molar-refractivity contribution in [3.05, 3.63) is 53.9 Å². The number of nitrogens with zero attached hydrogens (tertiary/aromatic N) is 2. The van der Waals surface area contributed by atoms with E-state index in [2.05, 4.69) is 79.2 Å². The average Bonchev–Trinajstić information content (AvgIpc) is 2.97. The van der Waals surface area contributed by atoms with E-state index in [0.29, 0.717) is 0 Å². The number of benzene rings is 3. The first-order valence-electron chi connectivity index (χ1n) is 15.8. The van der Waals surface area contributed by atoms with Crippen LogP contribution in [0.4, 0.5) is 5.69 Å². The molecule has 0 amide bonds. The highest BCUT2D eigenvalue weighted by Crippen LogP contribution is 2.34. The van der Waals surface area contributed by atoms with Gasteiger partial charge < -0.3 is 9.73 Å². The lowest BCUT2D eigenvalue weighted by Crippen LogP contribution is -2.32. The number of hydrogen-bond donors (Lipinski definition) is 1. The summed E-state index contributed by atoms with van der Waals surface area (Å²) < 4.78 is 9.17. The van der Waals surface area contributed by atoms with Crippen molar-refractivity contribution in [3.63, 3.8) is 0 Å². The van der Waals surface area contributed by atoms with Crippen LogP contribution >= 0.6 is 0 Å². The zero-order chi connectivity index (χ0) is 27.3. The molecule has 4 heteroatoms. The SMILES string of the molecule is CCCCCCCC[N+](CCCCCCCC)=c1ccc2nc3c(cc(NCCC)c4ccccc43)oc-2c1. The lowest BCUT2D eigenvalue weighted by atomic mass is 10.1. The number of rotatable bonds is 17. The van der Waals surface area contributed by atoms with E-state index in [1.54, 1.807) is 0 Å². The molecule has 1 N–H and O–H groups in total. The second-order valence-corrected chi connectivity index (χ2v) is 11.1. The van der Waals surface area contributed by atoms with Gasteiger partial charge in [0.2, 0.25) is 5.36 Å². The van der Waals surface area contributed by atoms with E-state index in [9.17, 15) is 0 Å². The predicted octanol–water partition coefficient (Wildman–Crippen LogP) is 9.40. The summed E-state index contributed by atoms with van der Waals surface area (Å²) in [6, 6.07) is 17.3. The van der Waals surface area contributed by atoms with Gasteiger partial charge in [-0.15, -0.1) is 0 Å². The third kappa shape index (κ3) is 8.06. The van der Waals surface area contributed by atoms with Crippen molar-refractivity contribution in [1.82, 2.24) is 9.56 Å². The van der Waals surface area contributed by atoms with Crippen molar-refractivity contribution in [3.8, 4) is 11.5 Å². The molecule has 0 aromatic heterocycles. The van der Waals surface area contributed by atoms with Crippen LogP contribution < -0.4 is 15.2 Å². The second kappa shape index (κ2) is 15.6. The minimum absolute atomic E-state index is 0.843. The lowest BCUT2D eigenvalue weighted by Gasteiger charge is -2.13. The highest BCUT2D eigenvalue weighted by Gasteiger charge is 2.16. The minimum atomic E-state index is 0.843. The smallest absolute Gasteiger partial charge is 0.203 e. The second-order valence-electron chi connectivity index (χ2n) is 11.1. The van der Waals surface area contributed by atoms with E-state index in [4.69, 9.17) is 9.40 Å². The summed E-state index contributed by atoms with van der Waals surface area (Å²) >= 11 is 0. The number of hydrogen-bond acceptors (Lipinski definition) is 3. The van der Waals surface area contributed by atoms with Crippen molar-refractivity contribution in [2.24, 2.45) is 0 Å². The Morgan fingerprint density at radius 3 is 2.00 bits per heavy atom. The molecule has 0 fully saturated rings. The molecule has 2 aromatic carbocycles. The molecule has 39 heavy (non-hydrogen) atoms. The van der Waals surface area contributed by atoms with Crippen LogP contribution in [-0.4, -0.2) is 24.6 Å². The van der Waals surface area contributed by atoms with Gasteiger partial charge in [0, 0.05) is 48.0 Å². The van der Waals surface area contributed by atoms with Gasteiger partial charge >= 0.3 is 0 Å². The Kier molecular flexibility index (Phi) is 11.7. The maximum atomic E-state index is 6.58. The first-order valence-corrected chi connectivity index (χ1v) is 15.8. The third-order valence-electron chi connectivity index (χ3n) is 7.87. The molecule has 1 aliphatic heterocycles. The first kappa shape index (κ1) is 29.1. The van der Waals surface area contributed by atoms with Crippen LogP contribution in [0.15, 0.2) is 52.9 Å². The fourth-order valence-electron chi connectivity index (χ4n) is 5.58. The van der Waals surface area contributed by atoms with Crippen LogP contribution in [0, 0.1) is 0 Å². The van der Waals surface area contributed by atoms with Crippen molar-refractivity contribution >= 4 is 27.6 Å². The van der Waals surface area contributed by atoms with Crippen LogP contribution in [0.25, 0.3) is 33.3 Å². The molecule has 0 radical (unpaired) electrons. The predicted molar refractivity (Wildman–Crippen MR) is 169 cm³/mol. The van der Waals surface area contributed by atoms with E-state index in [1.165, 1.54) is 87.8 Å². The average molecular weight is 529 g/mol. The summed E-state index contributed by atoms with van der Waals surface area (Å²) in [5, 5.41) is 7.19. The molecular weight excluding hydrogens is 478 g/mol. The van der Waals surface area contributed by atoms with Gasteiger partial charge in [-0.3, -0.25) is 0 Å². The van der Waals surface area contributed by atoms with Crippen molar-refractivity contribution in [1.29, 1.82) is 0 Å². The zero-order valence-electron chi connectivity index (χ0n) is 24.7. The van der Waals surface area contributed by atoms with E-state index in [1.807, 2.05) is 0 Å². The van der Waals surface area contributed by atoms with Gasteiger partial charge in [0.1, 0.15) is 24.3 Å². The van der Waals surface area contributed by atoms with Gasteiger partial charge in [-0.2, -0.15) is 0 Å². The zero-order valence-corrected chi connectivity index (χ0v) is 24.7. The molecule has 0 unspecified atom stereocenters. The highest BCUT2D eigenvalue weighted by atomic mass is 16.3. The Morgan fingerprint density at radius 1 is 0.692 bits per heavy atom. The lowest BCUT2D eigenvalue weighted by molar-refractivity contribution is 0.489. The third-order valence-corrected chi connectivity index (χ3v) is 7.87. The molecule has 0 atom stereocenters. The molecule has 2 aromatic rings. The summed E-state index contributed by atoms with van der Waals surface area (Å²) in [5.41, 5.74) is 3.82. The van der Waals surface area contributed by atoms with Crippen molar-refractivity contribution in [2.75, 3.05) is 25.0 Å². The summed E-state index contributed by atoms with van der Waals surface area (Å²) in [4.78, 5) is 5.10. The Morgan fingerprint density at radius 2 is 1.33 bits per heavy atom. The maximum Gasteiger partial charge on any atom is 0.203 e. The number of nitrogens with one attached hydrogen (secondary N) is 1. The molecule has 0 bridgehead atoms. The van der Waals surface area contributed by atoms with E-state index in [0.717, 1.165) is 59.7 Å². The summed E-state index contributed by atoms with van der Waals surface area (Å²) in [6.07, 6.45) is 17.0. The molecule has 4 rings (SSSR count). The van der Waals surface area contributed by atoms with Gasteiger partial charge in [0.05, 0.1) is 6.07 Å². The quantitative estimate of drug-likeness (QED) is 0.0642. The highest BCUT2D eigenvalue weighted by molar-refractivity contribution is 6.10. The molecule has 4 nitrogen and oxygen atoms in total. The fraction of sp³-hybridized carbons (Fsp3) is 0.543. The normalized spacial score (nSPS) is 11.6. The van der Waals surface area contributed by atoms with Gasteiger partial charge in [-0.25, -0.2) is 9.56 Å². The number of anilines is 1. The Balaban J connectivity index is 1.65. The van der Waals surface area contributed by atoms with Crippen LogP contribution in [0.1, 0.15) is 104 Å².